The van der Waals surface area contributed by atoms with Gasteiger partial charge in [0.05, 0.1) is 5.69 Å². The third-order valence-electron chi connectivity index (χ3n) is 3.93. The fourth-order valence-electron chi connectivity index (χ4n) is 2.34. The number of nitrogens with zero attached hydrogens (tertiary/aromatic N) is 1. The predicted molar refractivity (Wildman–Crippen MR) is 74.5 cm³/mol. The van der Waals surface area contributed by atoms with Crippen molar-refractivity contribution in [1.29, 1.82) is 0 Å². The number of benzene rings is 1. The van der Waals surface area contributed by atoms with Crippen LogP contribution in [0.3, 0.4) is 0 Å². The van der Waals surface area contributed by atoms with Crippen molar-refractivity contribution in [2.45, 2.75) is 26.7 Å². The van der Waals surface area contributed by atoms with Crippen molar-refractivity contribution in [2.75, 3.05) is 18.4 Å². The van der Waals surface area contributed by atoms with Gasteiger partial charge in [-0.1, -0.05) is 0 Å². The lowest BCUT2D eigenvalue weighted by Gasteiger charge is -2.24. The molecule has 0 radical (unpaired) electrons. The maximum atomic E-state index is 13.6. The number of hydrogen-bond donors (Lipinski definition) is 1. The van der Waals surface area contributed by atoms with Gasteiger partial charge in [0.1, 0.15) is 5.41 Å². The van der Waals surface area contributed by atoms with Gasteiger partial charge in [-0.3, -0.25) is 9.59 Å². The lowest BCUT2D eigenvalue weighted by Crippen LogP contribution is -2.43. The molecule has 1 saturated carbocycles. The molecule has 120 valence electrons. The van der Waals surface area contributed by atoms with E-state index in [2.05, 4.69) is 5.32 Å². The van der Waals surface area contributed by atoms with Gasteiger partial charge in [-0.2, -0.15) is 0 Å². The quantitative estimate of drug-likeness (QED) is 0.671. The van der Waals surface area contributed by atoms with Crippen molar-refractivity contribution in [3.63, 3.8) is 0 Å². The fourth-order valence-corrected chi connectivity index (χ4v) is 2.34. The van der Waals surface area contributed by atoms with E-state index >= 15 is 0 Å². The molecular weight excluding hydrogens is 297 g/mol. The molecule has 4 nitrogen and oxygen atoms in total. The van der Waals surface area contributed by atoms with Crippen LogP contribution in [0.5, 0.6) is 0 Å². The largest absolute Gasteiger partial charge is 0.342 e. The smallest absolute Gasteiger partial charge is 0.240 e. The van der Waals surface area contributed by atoms with Gasteiger partial charge in [-0.05, 0) is 38.8 Å². The van der Waals surface area contributed by atoms with Crippen molar-refractivity contribution in [2.24, 2.45) is 5.41 Å². The van der Waals surface area contributed by atoms with Crippen molar-refractivity contribution in [3.05, 3.63) is 29.6 Å². The Bertz CT molecular complexity index is 611. The first-order valence-electron chi connectivity index (χ1n) is 7.11. The van der Waals surface area contributed by atoms with Gasteiger partial charge in [0.25, 0.3) is 0 Å². The Kier molecular flexibility index (Phi) is 4.44. The molecule has 0 aromatic heterocycles. The van der Waals surface area contributed by atoms with Gasteiger partial charge in [-0.15, -0.1) is 0 Å². The summed E-state index contributed by atoms with van der Waals surface area (Å²) in [7, 11) is 0. The van der Waals surface area contributed by atoms with Crippen molar-refractivity contribution < 1.29 is 22.8 Å². The normalized spacial score (nSPS) is 15.3. The molecule has 0 saturated heterocycles. The number of rotatable bonds is 5. The molecule has 2 amide bonds. The Morgan fingerprint density at radius 2 is 1.73 bits per heavy atom. The fraction of sp³-hybridized carbons (Fsp3) is 0.467. The molecule has 1 aromatic rings. The van der Waals surface area contributed by atoms with Crippen LogP contribution in [0.15, 0.2) is 12.1 Å². The third-order valence-corrected chi connectivity index (χ3v) is 3.93. The first-order valence-corrected chi connectivity index (χ1v) is 7.11. The molecule has 1 aromatic carbocycles. The number of carbonyl (C=O) groups is 2. The van der Waals surface area contributed by atoms with Gasteiger partial charge in [0.2, 0.25) is 11.8 Å². The Hall–Kier alpha value is -2.05. The van der Waals surface area contributed by atoms with Gasteiger partial charge in [-0.25, -0.2) is 13.2 Å². The minimum atomic E-state index is -1.65. The maximum absolute atomic E-state index is 13.6. The number of hydrogen-bond acceptors (Lipinski definition) is 2. The highest BCUT2D eigenvalue weighted by Gasteiger charge is 2.57. The number of amides is 2. The van der Waals surface area contributed by atoms with Gasteiger partial charge in [0, 0.05) is 13.1 Å². The van der Waals surface area contributed by atoms with Crippen LogP contribution in [0.25, 0.3) is 0 Å². The van der Waals surface area contributed by atoms with Gasteiger partial charge < -0.3 is 10.2 Å². The zero-order chi connectivity index (χ0) is 16.5. The number of carbonyl (C=O) groups excluding carboxylic acids is 2. The molecule has 0 atom stereocenters. The molecule has 22 heavy (non-hydrogen) atoms. The van der Waals surface area contributed by atoms with E-state index in [1.807, 2.05) is 0 Å². The summed E-state index contributed by atoms with van der Waals surface area (Å²) in [4.78, 5) is 26.2. The van der Waals surface area contributed by atoms with Gasteiger partial charge in [0.15, 0.2) is 17.5 Å². The van der Waals surface area contributed by atoms with Crippen LogP contribution < -0.4 is 5.32 Å². The first-order chi connectivity index (χ1) is 10.4. The number of halogens is 3. The summed E-state index contributed by atoms with van der Waals surface area (Å²) < 4.78 is 39.7. The van der Waals surface area contributed by atoms with Crippen LogP contribution in [-0.4, -0.2) is 29.8 Å². The summed E-state index contributed by atoms with van der Waals surface area (Å²) in [5.41, 5.74) is -1.69. The SMILES string of the molecule is CCN(CC)C(=O)C1(C(=O)Nc2ccc(F)c(F)c2F)CC1. The summed E-state index contributed by atoms with van der Waals surface area (Å²) in [6, 6.07) is 1.66. The lowest BCUT2D eigenvalue weighted by atomic mass is 10.0. The molecule has 1 N–H and O–H groups in total. The van der Waals surface area contributed by atoms with E-state index in [-0.39, 0.29) is 5.91 Å². The minimum Gasteiger partial charge on any atom is -0.342 e. The first kappa shape index (κ1) is 16.3. The Balaban J connectivity index is 2.19. The van der Waals surface area contributed by atoms with Crippen LogP contribution in [0.2, 0.25) is 0 Å². The van der Waals surface area contributed by atoms with E-state index in [0.29, 0.717) is 25.9 Å². The van der Waals surface area contributed by atoms with E-state index in [0.717, 1.165) is 12.1 Å². The second kappa shape index (κ2) is 5.98. The molecule has 0 unspecified atom stereocenters. The third kappa shape index (κ3) is 2.67. The second-order valence-electron chi connectivity index (χ2n) is 5.24. The van der Waals surface area contributed by atoms with E-state index in [1.165, 1.54) is 4.90 Å². The molecule has 0 heterocycles. The molecule has 1 fully saturated rings. The summed E-state index contributed by atoms with van der Waals surface area (Å²) in [5.74, 6) is -5.47. The predicted octanol–water partition coefficient (Wildman–Crippen LogP) is 2.69. The molecule has 0 bridgehead atoms. The van der Waals surface area contributed by atoms with E-state index in [4.69, 9.17) is 0 Å². The molecule has 0 spiro atoms. The molecule has 1 aliphatic carbocycles. The van der Waals surface area contributed by atoms with Crippen molar-refractivity contribution in [1.82, 2.24) is 4.90 Å². The summed E-state index contributed by atoms with van der Waals surface area (Å²) in [5, 5.41) is 2.20. The lowest BCUT2D eigenvalue weighted by molar-refractivity contribution is -0.141. The highest BCUT2D eigenvalue weighted by Crippen LogP contribution is 2.48. The molecule has 0 aliphatic heterocycles. The number of anilines is 1. The summed E-state index contributed by atoms with van der Waals surface area (Å²) >= 11 is 0. The van der Waals surface area contributed by atoms with Crippen LogP contribution in [0, 0.1) is 22.9 Å². The Labute approximate surface area is 126 Å². The molecule has 7 heteroatoms. The maximum Gasteiger partial charge on any atom is 0.240 e. The van der Waals surface area contributed by atoms with Crippen LogP contribution >= 0.6 is 0 Å². The standard InChI is InChI=1S/C15H17F3N2O2/c1-3-20(4-2)14(22)15(7-8-15)13(21)19-10-6-5-9(16)11(17)12(10)18/h5-6H,3-4,7-8H2,1-2H3,(H,19,21). The molecule has 2 rings (SSSR count). The second-order valence-corrected chi connectivity index (χ2v) is 5.24. The average molecular weight is 314 g/mol. The van der Waals surface area contributed by atoms with E-state index in [9.17, 15) is 22.8 Å². The van der Waals surface area contributed by atoms with E-state index < -0.39 is 34.5 Å². The van der Waals surface area contributed by atoms with Crippen molar-refractivity contribution in [3.8, 4) is 0 Å². The monoisotopic (exact) mass is 314 g/mol. The highest BCUT2D eigenvalue weighted by molar-refractivity contribution is 6.13. The Morgan fingerprint density at radius 1 is 1.14 bits per heavy atom. The topological polar surface area (TPSA) is 49.4 Å². The van der Waals surface area contributed by atoms with Crippen LogP contribution in [0.1, 0.15) is 26.7 Å². The molecular formula is C15H17F3N2O2. The average Bonchev–Trinajstić information content (AvgIpc) is 3.30. The van der Waals surface area contributed by atoms with Crippen LogP contribution in [-0.2, 0) is 9.59 Å². The highest BCUT2D eigenvalue weighted by atomic mass is 19.2. The molecule has 1 aliphatic rings. The van der Waals surface area contributed by atoms with Crippen LogP contribution in [0.4, 0.5) is 18.9 Å². The van der Waals surface area contributed by atoms with Gasteiger partial charge >= 0.3 is 0 Å². The minimum absolute atomic E-state index is 0.321. The zero-order valence-electron chi connectivity index (χ0n) is 12.4. The zero-order valence-corrected chi connectivity index (χ0v) is 12.4. The summed E-state index contributed by atoms with van der Waals surface area (Å²) in [6.45, 7) is 4.52. The Morgan fingerprint density at radius 3 is 2.23 bits per heavy atom. The van der Waals surface area contributed by atoms with Crippen molar-refractivity contribution >= 4 is 17.5 Å². The summed E-state index contributed by atoms with van der Waals surface area (Å²) in [6.07, 6.45) is 0.721. The number of nitrogens with one attached hydrogen (secondary N) is 1. The van der Waals surface area contributed by atoms with E-state index in [1.54, 1.807) is 13.8 Å².